The van der Waals surface area contributed by atoms with Gasteiger partial charge in [-0.1, -0.05) is 12.5 Å². The van der Waals surface area contributed by atoms with Gasteiger partial charge in [-0.2, -0.15) is 4.31 Å². The fraction of sp³-hybridized carbons (Fsp3) is 0.391. The summed E-state index contributed by atoms with van der Waals surface area (Å²) in [6.45, 7) is 3.93. The Morgan fingerprint density at radius 1 is 1.09 bits per heavy atom. The van der Waals surface area contributed by atoms with Crippen molar-refractivity contribution in [3.8, 4) is 11.5 Å². The van der Waals surface area contributed by atoms with E-state index < -0.39 is 28.5 Å². The summed E-state index contributed by atoms with van der Waals surface area (Å²) in [5.74, 6) is -1.24. The molecule has 0 aliphatic carbocycles. The van der Waals surface area contributed by atoms with Gasteiger partial charge >= 0.3 is 5.97 Å². The standard InChI is InChI=1S/C23H28N2O7S/c1-16(2)32-21-10-9-19(33(29,30)25-11-4-3-5-12-25)14-20(21)24-22(27)15-31-23(28)17-7-6-8-18(26)13-17/h6-10,13-14,16,26H,3-5,11-12,15H2,1-2H3,(H,24,27). The van der Waals surface area contributed by atoms with E-state index in [1.54, 1.807) is 13.8 Å². The molecular weight excluding hydrogens is 448 g/mol. The minimum Gasteiger partial charge on any atom is -0.508 e. The number of phenolic OH excluding ortho intramolecular Hbond substituents is 1. The third-order valence-corrected chi connectivity index (χ3v) is 6.85. The zero-order valence-corrected chi connectivity index (χ0v) is 19.4. The smallest absolute Gasteiger partial charge is 0.338 e. The van der Waals surface area contributed by atoms with Crippen molar-refractivity contribution >= 4 is 27.6 Å². The van der Waals surface area contributed by atoms with Crippen LogP contribution in [0.5, 0.6) is 11.5 Å². The Kier molecular flexibility index (Phi) is 7.93. The van der Waals surface area contributed by atoms with Crippen LogP contribution in [-0.4, -0.2) is 55.5 Å². The minimum atomic E-state index is -3.71. The predicted octanol–water partition coefficient (Wildman–Crippen LogP) is 3.15. The molecule has 0 saturated carbocycles. The largest absolute Gasteiger partial charge is 0.508 e. The molecule has 1 aliphatic rings. The number of rotatable bonds is 8. The average molecular weight is 477 g/mol. The molecule has 1 heterocycles. The van der Waals surface area contributed by atoms with E-state index in [4.69, 9.17) is 9.47 Å². The monoisotopic (exact) mass is 476 g/mol. The van der Waals surface area contributed by atoms with Gasteiger partial charge in [0.1, 0.15) is 11.5 Å². The number of nitrogens with zero attached hydrogens (tertiary/aromatic N) is 1. The zero-order chi connectivity index (χ0) is 24.0. The molecule has 3 rings (SSSR count). The summed E-state index contributed by atoms with van der Waals surface area (Å²) in [4.78, 5) is 24.6. The molecule has 10 heteroatoms. The minimum absolute atomic E-state index is 0.0487. The number of esters is 1. The lowest BCUT2D eigenvalue weighted by atomic mass is 10.2. The Labute approximate surface area is 193 Å². The molecular formula is C23H28N2O7S. The molecule has 2 aromatic rings. The highest BCUT2D eigenvalue weighted by atomic mass is 32.2. The van der Waals surface area contributed by atoms with Gasteiger partial charge in [0.25, 0.3) is 5.91 Å². The lowest BCUT2D eigenvalue weighted by Gasteiger charge is -2.26. The van der Waals surface area contributed by atoms with Crippen molar-refractivity contribution in [3.05, 3.63) is 48.0 Å². The molecule has 2 N–H and O–H groups in total. The van der Waals surface area contributed by atoms with E-state index in [1.807, 2.05) is 0 Å². The van der Waals surface area contributed by atoms with E-state index in [0.717, 1.165) is 19.3 Å². The Bertz CT molecular complexity index is 1110. The number of hydrogen-bond acceptors (Lipinski definition) is 7. The molecule has 9 nitrogen and oxygen atoms in total. The third-order valence-electron chi connectivity index (χ3n) is 4.96. The van der Waals surface area contributed by atoms with Crippen LogP contribution in [0.25, 0.3) is 0 Å². The number of nitrogens with one attached hydrogen (secondary N) is 1. The first-order valence-electron chi connectivity index (χ1n) is 10.7. The van der Waals surface area contributed by atoms with Crippen LogP contribution >= 0.6 is 0 Å². The number of ether oxygens (including phenoxy) is 2. The van der Waals surface area contributed by atoms with Crippen LogP contribution in [0.1, 0.15) is 43.5 Å². The number of carbonyl (C=O) groups excluding carboxylic acids is 2. The number of benzene rings is 2. The molecule has 0 spiro atoms. The molecule has 0 aromatic heterocycles. The predicted molar refractivity (Wildman–Crippen MR) is 122 cm³/mol. The zero-order valence-electron chi connectivity index (χ0n) is 18.6. The SMILES string of the molecule is CC(C)Oc1ccc(S(=O)(=O)N2CCCCC2)cc1NC(=O)COC(=O)c1cccc(O)c1. The molecule has 1 saturated heterocycles. The van der Waals surface area contributed by atoms with Crippen LogP contribution in [0.4, 0.5) is 5.69 Å². The molecule has 2 aromatic carbocycles. The average Bonchev–Trinajstić information content (AvgIpc) is 2.78. The summed E-state index contributed by atoms with van der Waals surface area (Å²) in [5.41, 5.74) is 0.265. The second-order valence-corrected chi connectivity index (χ2v) is 9.90. The van der Waals surface area contributed by atoms with Crippen LogP contribution < -0.4 is 10.1 Å². The summed E-state index contributed by atoms with van der Waals surface area (Å²) in [7, 11) is -3.71. The highest BCUT2D eigenvalue weighted by molar-refractivity contribution is 7.89. The van der Waals surface area contributed by atoms with Gasteiger partial charge in [0, 0.05) is 13.1 Å². The first-order chi connectivity index (χ1) is 15.7. The normalized spacial score (nSPS) is 14.6. The maximum atomic E-state index is 13.0. The number of phenols is 1. The maximum Gasteiger partial charge on any atom is 0.338 e. The van der Waals surface area contributed by atoms with Crippen LogP contribution in [0.15, 0.2) is 47.4 Å². The number of piperidine rings is 1. The van der Waals surface area contributed by atoms with Crippen LogP contribution in [-0.2, 0) is 19.6 Å². The van der Waals surface area contributed by atoms with Gasteiger partial charge < -0.3 is 19.9 Å². The molecule has 1 aliphatic heterocycles. The van der Waals surface area contributed by atoms with Gasteiger partial charge in [-0.15, -0.1) is 0 Å². The lowest BCUT2D eigenvalue weighted by Crippen LogP contribution is -2.35. The molecule has 1 amide bonds. The number of anilines is 1. The topological polar surface area (TPSA) is 122 Å². The summed E-state index contributed by atoms with van der Waals surface area (Å²) in [6, 6.07) is 9.88. The quantitative estimate of drug-likeness (QED) is 0.561. The highest BCUT2D eigenvalue weighted by Gasteiger charge is 2.27. The first-order valence-corrected chi connectivity index (χ1v) is 12.2. The molecule has 0 radical (unpaired) electrons. The Morgan fingerprint density at radius 3 is 2.48 bits per heavy atom. The molecule has 0 atom stereocenters. The number of sulfonamides is 1. The van der Waals surface area contributed by atoms with Gasteiger partial charge in [-0.3, -0.25) is 4.79 Å². The van der Waals surface area contributed by atoms with Crippen molar-refractivity contribution < 1.29 is 32.6 Å². The van der Waals surface area contributed by atoms with Gasteiger partial charge in [0.05, 0.1) is 22.3 Å². The van der Waals surface area contributed by atoms with Crippen LogP contribution in [0.2, 0.25) is 0 Å². The summed E-state index contributed by atoms with van der Waals surface area (Å²) >= 11 is 0. The Balaban J connectivity index is 1.75. The molecule has 1 fully saturated rings. The summed E-state index contributed by atoms with van der Waals surface area (Å²) in [6.07, 6.45) is 2.40. The van der Waals surface area contributed by atoms with Crippen LogP contribution in [0.3, 0.4) is 0 Å². The van der Waals surface area contributed by atoms with Crippen LogP contribution in [0, 0.1) is 0 Å². The fourth-order valence-corrected chi connectivity index (χ4v) is 4.96. The molecule has 33 heavy (non-hydrogen) atoms. The Hall–Kier alpha value is -3.11. The molecule has 0 unspecified atom stereocenters. The third kappa shape index (κ3) is 6.45. The second-order valence-electron chi connectivity index (χ2n) is 7.96. The maximum absolute atomic E-state index is 13.0. The first kappa shape index (κ1) is 24.5. The number of aromatic hydroxyl groups is 1. The summed E-state index contributed by atoms with van der Waals surface area (Å²) in [5, 5.41) is 12.0. The number of hydrogen-bond donors (Lipinski definition) is 2. The van der Waals surface area contributed by atoms with Crippen molar-refractivity contribution in [2.24, 2.45) is 0 Å². The number of carbonyl (C=O) groups is 2. The van der Waals surface area contributed by atoms with E-state index in [1.165, 1.54) is 46.8 Å². The van der Waals surface area contributed by atoms with E-state index in [-0.39, 0.29) is 28.0 Å². The van der Waals surface area contributed by atoms with Gasteiger partial charge in [0.2, 0.25) is 10.0 Å². The Morgan fingerprint density at radius 2 is 1.82 bits per heavy atom. The van der Waals surface area contributed by atoms with E-state index >= 15 is 0 Å². The van der Waals surface area contributed by atoms with Crippen molar-refractivity contribution in [2.45, 2.75) is 44.1 Å². The summed E-state index contributed by atoms with van der Waals surface area (Å²) < 4.78 is 38.2. The van der Waals surface area contributed by atoms with Gasteiger partial charge in [0.15, 0.2) is 6.61 Å². The molecule has 178 valence electrons. The highest BCUT2D eigenvalue weighted by Crippen LogP contribution is 2.31. The van der Waals surface area contributed by atoms with Crippen molar-refractivity contribution in [1.29, 1.82) is 0 Å². The molecule has 0 bridgehead atoms. The van der Waals surface area contributed by atoms with Crippen molar-refractivity contribution in [2.75, 3.05) is 25.0 Å². The van der Waals surface area contributed by atoms with E-state index in [0.29, 0.717) is 18.8 Å². The van der Waals surface area contributed by atoms with Crippen molar-refractivity contribution in [3.63, 3.8) is 0 Å². The lowest BCUT2D eigenvalue weighted by molar-refractivity contribution is -0.119. The van der Waals surface area contributed by atoms with Gasteiger partial charge in [-0.05, 0) is 63.1 Å². The number of amides is 1. The van der Waals surface area contributed by atoms with Crippen molar-refractivity contribution in [1.82, 2.24) is 4.31 Å². The van der Waals surface area contributed by atoms with E-state index in [9.17, 15) is 23.1 Å². The fourth-order valence-electron chi connectivity index (χ4n) is 3.41. The second kappa shape index (κ2) is 10.7. The van der Waals surface area contributed by atoms with Gasteiger partial charge in [-0.25, -0.2) is 13.2 Å². The van der Waals surface area contributed by atoms with E-state index in [2.05, 4.69) is 5.32 Å².